The first-order valence-electron chi connectivity index (χ1n) is 4.87. The lowest BCUT2D eigenvalue weighted by Crippen LogP contribution is -2.23. The molecule has 8 nitrogen and oxygen atoms in total. The van der Waals surface area contributed by atoms with Crippen molar-refractivity contribution < 1.29 is 32.4 Å². The van der Waals surface area contributed by atoms with E-state index in [0.717, 1.165) is 7.11 Å². The molecule has 0 atom stereocenters. The molecular weight excluding hydrogens is 289 g/mol. The lowest BCUT2D eigenvalue weighted by molar-refractivity contribution is -0.387. The SMILES string of the molecule is COC(=O)Cc1c(OC(F)(F)F)c[nH]c(=O)c1[N+](=O)[O-]. The van der Waals surface area contributed by atoms with Crippen LogP contribution in [0.25, 0.3) is 0 Å². The summed E-state index contributed by atoms with van der Waals surface area (Å²) in [6.07, 6.45) is -5.57. The van der Waals surface area contributed by atoms with E-state index in [2.05, 4.69) is 9.47 Å². The molecule has 0 saturated carbocycles. The van der Waals surface area contributed by atoms with Crippen molar-refractivity contribution in [1.29, 1.82) is 0 Å². The van der Waals surface area contributed by atoms with Gasteiger partial charge in [-0.2, -0.15) is 0 Å². The molecule has 0 radical (unpaired) electrons. The lowest BCUT2D eigenvalue weighted by Gasteiger charge is -2.12. The van der Waals surface area contributed by atoms with Crippen LogP contribution in [0.15, 0.2) is 11.0 Å². The number of esters is 1. The second-order valence-corrected chi connectivity index (χ2v) is 3.37. The number of H-pyrrole nitrogens is 1. The van der Waals surface area contributed by atoms with Gasteiger partial charge in [-0.05, 0) is 0 Å². The van der Waals surface area contributed by atoms with Crippen molar-refractivity contribution in [3.05, 3.63) is 32.2 Å². The van der Waals surface area contributed by atoms with E-state index >= 15 is 0 Å². The first kappa shape index (κ1) is 15.5. The molecule has 1 N–H and O–H groups in total. The van der Waals surface area contributed by atoms with Crippen molar-refractivity contribution in [2.45, 2.75) is 12.8 Å². The molecule has 0 aliphatic rings. The smallest absolute Gasteiger partial charge is 0.469 e. The molecule has 1 heterocycles. The monoisotopic (exact) mass is 296 g/mol. The summed E-state index contributed by atoms with van der Waals surface area (Å²) in [6, 6.07) is 0. The third kappa shape index (κ3) is 3.70. The van der Waals surface area contributed by atoms with E-state index in [1.54, 1.807) is 4.98 Å². The van der Waals surface area contributed by atoms with Crippen molar-refractivity contribution in [1.82, 2.24) is 4.98 Å². The number of alkyl halides is 3. The zero-order chi connectivity index (χ0) is 15.5. The van der Waals surface area contributed by atoms with E-state index < -0.39 is 46.2 Å². The highest BCUT2D eigenvalue weighted by Gasteiger charge is 2.35. The van der Waals surface area contributed by atoms with Gasteiger partial charge in [0.25, 0.3) is 0 Å². The Bertz CT molecular complexity index is 594. The summed E-state index contributed by atoms with van der Waals surface area (Å²) in [5, 5.41) is 10.7. The Balaban J connectivity index is 3.44. The maximum Gasteiger partial charge on any atom is 0.573 e. The highest BCUT2D eigenvalue weighted by molar-refractivity contribution is 5.75. The van der Waals surface area contributed by atoms with Crippen LogP contribution >= 0.6 is 0 Å². The van der Waals surface area contributed by atoms with Gasteiger partial charge in [0.15, 0.2) is 5.75 Å². The molecular formula is C9H7F3N2O6. The van der Waals surface area contributed by atoms with Gasteiger partial charge < -0.3 is 14.5 Å². The lowest BCUT2D eigenvalue weighted by atomic mass is 10.1. The molecule has 0 saturated heterocycles. The number of pyridine rings is 1. The number of hydrogen-bond donors (Lipinski definition) is 1. The van der Waals surface area contributed by atoms with E-state index in [-0.39, 0.29) is 0 Å². The number of aromatic nitrogens is 1. The predicted octanol–water partition coefficient (Wildman–Crippen LogP) is 0.897. The van der Waals surface area contributed by atoms with Gasteiger partial charge in [0.2, 0.25) is 0 Å². The molecule has 0 unspecified atom stereocenters. The molecule has 1 aromatic rings. The number of rotatable bonds is 4. The minimum absolute atomic E-state index is 0.487. The first-order valence-corrected chi connectivity index (χ1v) is 4.87. The number of nitro groups is 1. The predicted molar refractivity (Wildman–Crippen MR) is 56.1 cm³/mol. The Morgan fingerprint density at radius 2 is 2.10 bits per heavy atom. The molecule has 0 aliphatic heterocycles. The summed E-state index contributed by atoms with van der Waals surface area (Å²) in [6.45, 7) is 0. The topological polar surface area (TPSA) is 112 Å². The van der Waals surface area contributed by atoms with E-state index in [4.69, 9.17) is 0 Å². The Labute approximate surface area is 108 Å². The van der Waals surface area contributed by atoms with Crippen LogP contribution in [-0.2, 0) is 16.0 Å². The number of nitrogens with zero attached hydrogens (tertiary/aromatic N) is 1. The van der Waals surface area contributed by atoms with Crippen molar-refractivity contribution >= 4 is 11.7 Å². The van der Waals surface area contributed by atoms with Gasteiger partial charge in [0.1, 0.15) is 0 Å². The standard InChI is InChI=1S/C9H7F3N2O6/c1-19-6(15)2-4-5(20-9(10,11)12)3-13-8(16)7(4)14(17)18/h3H,2H2,1H3,(H,13,16). The maximum atomic E-state index is 12.2. The number of halogens is 3. The van der Waals surface area contributed by atoms with Crippen LogP contribution in [0.2, 0.25) is 0 Å². The van der Waals surface area contributed by atoms with Gasteiger partial charge >= 0.3 is 23.6 Å². The summed E-state index contributed by atoms with van der Waals surface area (Å²) in [7, 11) is 0.936. The Morgan fingerprint density at radius 1 is 1.50 bits per heavy atom. The number of carbonyl (C=O) groups is 1. The molecule has 0 fully saturated rings. The molecule has 1 aromatic heterocycles. The van der Waals surface area contributed by atoms with E-state index in [1.807, 2.05) is 0 Å². The normalized spacial score (nSPS) is 11.0. The van der Waals surface area contributed by atoms with Gasteiger partial charge in [0.05, 0.1) is 24.0 Å². The summed E-state index contributed by atoms with van der Waals surface area (Å²) >= 11 is 0. The number of nitrogens with one attached hydrogen (secondary N) is 1. The van der Waals surface area contributed by atoms with Gasteiger partial charge in [-0.1, -0.05) is 0 Å². The average molecular weight is 296 g/mol. The summed E-state index contributed by atoms with van der Waals surface area (Å²) in [5.41, 5.74) is -3.29. The van der Waals surface area contributed by atoms with E-state index in [9.17, 15) is 32.9 Å². The van der Waals surface area contributed by atoms with Crippen LogP contribution in [0.1, 0.15) is 5.56 Å². The third-order valence-corrected chi connectivity index (χ3v) is 2.09. The van der Waals surface area contributed by atoms with Crippen molar-refractivity contribution in [3.63, 3.8) is 0 Å². The fourth-order valence-corrected chi connectivity index (χ4v) is 1.34. The number of hydrogen-bond acceptors (Lipinski definition) is 6. The van der Waals surface area contributed by atoms with Gasteiger partial charge in [0, 0.05) is 6.20 Å². The van der Waals surface area contributed by atoms with Gasteiger partial charge in [-0.25, -0.2) is 0 Å². The van der Waals surface area contributed by atoms with Gasteiger partial charge in [-0.15, -0.1) is 13.2 Å². The average Bonchev–Trinajstić information content (AvgIpc) is 2.30. The number of aromatic amines is 1. The van der Waals surface area contributed by atoms with Crippen LogP contribution in [-0.4, -0.2) is 29.3 Å². The van der Waals surface area contributed by atoms with Crippen LogP contribution in [0.5, 0.6) is 5.75 Å². The Hall–Kier alpha value is -2.59. The third-order valence-electron chi connectivity index (χ3n) is 2.09. The van der Waals surface area contributed by atoms with Crippen LogP contribution in [0.4, 0.5) is 18.9 Å². The van der Waals surface area contributed by atoms with Gasteiger partial charge in [-0.3, -0.25) is 19.7 Å². The number of methoxy groups -OCH3 is 1. The fourth-order valence-electron chi connectivity index (χ4n) is 1.34. The first-order chi connectivity index (χ1) is 9.15. The highest BCUT2D eigenvalue weighted by atomic mass is 19.4. The highest BCUT2D eigenvalue weighted by Crippen LogP contribution is 2.30. The molecule has 11 heteroatoms. The molecule has 0 spiro atoms. The second kappa shape index (κ2) is 5.59. The molecule has 0 aliphatic carbocycles. The molecule has 20 heavy (non-hydrogen) atoms. The van der Waals surface area contributed by atoms with Crippen LogP contribution in [0.3, 0.4) is 0 Å². The van der Waals surface area contributed by atoms with E-state index in [1.165, 1.54) is 0 Å². The Morgan fingerprint density at radius 3 is 2.55 bits per heavy atom. The van der Waals surface area contributed by atoms with Crippen LogP contribution < -0.4 is 10.3 Å². The Kier molecular flexibility index (Phi) is 4.32. The van der Waals surface area contributed by atoms with Crippen molar-refractivity contribution in [2.75, 3.05) is 7.11 Å². The zero-order valence-corrected chi connectivity index (χ0v) is 9.82. The molecule has 0 bridgehead atoms. The van der Waals surface area contributed by atoms with E-state index in [0.29, 0.717) is 6.20 Å². The summed E-state index contributed by atoms with van der Waals surface area (Å²) in [5.74, 6) is -2.11. The van der Waals surface area contributed by atoms with Crippen molar-refractivity contribution in [3.8, 4) is 5.75 Å². The van der Waals surface area contributed by atoms with Crippen LogP contribution in [0, 0.1) is 10.1 Å². The largest absolute Gasteiger partial charge is 0.573 e. The number of carbonyl (C=O) groups excluding carboxylic acids is 1. The minimum atomic E-state index is -5.14. The fraction of sp³-hybridized carbons (Fsp3) is 0.333. The molecule has 0 amide bonds. The zero-order valence-electron chi connectivity index (χ0n) is 9.82. The second-order valence-electron chi connectivity index (χ2n) is 3.37. The molecule has 110 valence electrons. The van der Waals surface area contributed by atoms with Crippen molar-refractivity contribution in [2.24, 2.45) is 0 Å². The number of ether oxygens (including phenoxy) is 2. The quantitative estimate of drug-likeness (QED) is 0.502. The minimum Gasteiger partial charge on any atom is -0.469 e. The molecule has 1 rings (SSSR count). The molecule has 0 aromatic carbocycles. The summed E-state index contributed by atoms with van der Waals surface area (Å²) < 4.78 is 44.3. The summed E-state index contributed by atoms with van der Waals surface area (Å²) in [4.78, 5) is 33.6. The maximum absolute atomic E-state index is 12.2.